The Bertz CT molecular complexity index is 1120. The molecule has 0 bridgehead atoms. The summed E-state index contributed by atoms with van der Waals surface area (Å²) >= 11 is 5.86. The van der Waals surface area contributed by atoms with Crippen LogP contribution in [0.4, 0.5) is 5.69 Å². The number of rotatable bonds is 5. The van der Waals surface area contributed by atoms with Gasteiger partial charge in [0.05, 0.1) is 10.6 Å². The number of amides is 1. The SMILES string of the molecule is O=C(CN1c2cccc3cccc(c23)S1(=O)=O)NCCc1ccc(Cl)cc1. The van der Waals surface area contributed by atoms with Crippen molar-refractivity contribution in [1.29, 1.82) is 0 Å². The summed E-state index contributed by atoms with van der Waals surface area (Å²) in [6.07, 6.45) is 0.644. The summed E-state index contributed by atoms with van der Waals surface area (Å²) in [4.78, 5) is 12.6. The average molecular weight is 401 g/mol. The summed E-state index contributed by atoms with van der Waals surface area (Å²) in [7, 11) is -3.72. The van der Waals surface area contributed by atoms with Gasteiger partial charge in [-0.15, -0.1) is 0 Å². The predicted octanol–water partition coefficient (Wildman–Crippen LogP) is 3.36. The molecule has 0 unspecified atom stereocenters. The summed E-state index contributed by atoms with van der Waals surface area (Å²) in [6.45, 7) is 0.183. The van der Waals surface area contributed by atoms with Gasteiger partial charge in [-0.1, -0.05) is 48.0 Å². The second-order valence-corrected chi connectivity index (χ2v) is 8.64. The molecule has 0 aromatic heterocycles. The first-order chi connectivity index (χ1) is 13.0. The highest BCUT2D eigenvalue weighted by Crippen LogP contribution is 2.41. The zero-order valence-corrected chi connectivity index (χ0v) is 15.9. The van der Waals surface area contributed by atoms with Gasteiger partial charge in [-0.05, 0) is 41.6 Å². The summed E-state index contributed by atoms with van der Waals surface area (Å²) in [5, 5.41) is 4.98. The fourth-order valence-electron chi connectivity index (χ4n) is 3.31. The molecule has 1 amide bonds. The van der Waals surface area contributed by atoms with E-state index in [-0.39, 0.29) is 17.3 Å². The topological polar surface area (TPSA) is 66.5 Å². The Kier molecular flexibility index (Phi) is 4.53. The zero-order chi connectivity index (χ0) is 19.0. The van der Waals surface area contributed by atoms with Gasteiger partial charge in [-0.3, -0.25) is 9.10 Å². The lowest BCUT2D eigenvalue weighted by atomic mass is 10.1. The molecule has 3 aromatic carbocycles. The number of halogens is 1. The first-order valence-electron chi connectivity index (χ1n) is 8.52. The van der Waals surface area contributed by atoms with E-state index >= 15 is 0 Å². The molecule has 27 heavy (non-hydrogen) atoms. The molecule has 0 aliphatic carbocycles. The normalized spacial score (nSPS) is 14.5. The van der Waals surface area contributed by atoms with Crippen molar-refractivity contribution in [2.24, 2.45) is 0 Å². The predicted molar refractivity (Wildman–Crippen MR) is 107 cm³/mol. The third-order valence-corrected chi connectivity index (χ3v) is 6.67. The third-order valence-electron chi connectivity index (χ3n) is 4.62. The number of benzene rings is 3. The van der Waals surface area contributed by atoms with Crippen LogP contribution in [-0.4, -0.2) is 27.4 Å². The standard InChI is InChI=1S/C20H17ClN2O3S/c21-16-9-7-14(8-10-16)11-12-22-19(24)13-23-17-5-1-3-15-4-2-6-18(20(15)17)27(23,25)26/h1-10H,11-13H2,(H,22,24). The van der Waals surface area contributed by atoms with Crippen LogP contribution in [0.15, 0.2) is 65.6 Å². The van der Waals surface area contributed by atoms with E-state index in [9.17, 15) is 13.2 Å². The Morgan fingerprint density at radius 2 is 1.70 bits per heavy atom. The molecule has 1 N–H and O–H groups in total. The van der Waals surface area contributed by atoms with E-state index in [2.05, 4.69) is 5.32 Å². The van der Waals surface area contributed by atoms with E-state index in [1.165, 1.54) is 4.31 Å². The number of hydrogen-bond donors (Lipinski definition) is 1. The van der Waals surface area contributed by atoms with Gasteiger partial charge in [0.15, 0.2) is 0 Å². The summed E-state index contributed by atoms with van der Waals surface area (Å²) in [5.74, 6) is -0.336. The van der Waals surface area contributed by atoms with Crippen LogP contribution < -0.4 is 9.62 Å². The van der Waals surface area contributed by atoms with Gasteiger partial charge >= 0.3 is 0 Å². The molecule has 0 fully saturated rings. The molecule has 0 spiro atoms. The average Bonchev–Trinajstić information content (AvgIpc) is 2.87. The van der Waals surface area contributed by atoms with Crippen molar-refractivity contribution in [1.82, 2.24) is 5.32 Å². The third kappa shape index (κ3) is 3.26. The van der Waals surface area contributed by atoms with Crippen LogP contribution in [0.25, 0.3) is 10.8 Å². The van der Waals surface area contributed by atoms with E-state index in [0.717, 1.165) is 10.9 Å². The first kappa shape index (κ1) is 17.8. The maximum atomic E-state index is 12.9. The highest BCUT2D eigenvalue weighted by Gasteiger charge is 2.36. The van der Waals surface area contributed by atoms with Crippen molar-refractivity contribution < 1.29 is 13.2 Å². The maximum absolute atomic E-state index is 12.9. The van der Waals surface area contributed by atoms with Gasteiger partial charge in [0.1, 0.15) is 6.54 Å². The molecule has 0 radical (unpaired) electrons. The molecule has 7 heteroatoms. The lowest BCUT2D eigenvalue weighted by molar-refractivity contribution is -0.119. The maximum Gasteiger partial charge on any atom is 0.265 e. The Balaban J connectivity index is 1.47. The van der Waals surface area contributed by atoms with Crippen LogP contribution >= 0.6 is 11.6 Å². The van der Waals surface area contributed by atoms with Crippen LogP contribution in [0.5, 0.6) is 0 Å². The van der Waals surface area contributed by atoms with E-state index in [1.807, 2.05) is 24.3 Å². The van der Waals surface area contributed by atoms with Crippen molar-refractivity contribution in [2.75, 3.05) is 17.4 Å². The molecule has 4 rings (SSSR count). The molecule has 138 valence electrons. The van der Waals surface area contributed by atoms with Crippen molar-refractivity contribution >= 4 is 44.0 Å². The van der Waals surface area contributed by atoms with E-state index < -0.39 is 10.0 Å². The summed E-state index contributed by atoms with van der Waals surface area (Å²) in [5.41, 5.74) is 1.60. The van der Waals surface area contributed by atoms with Gasteiger partial charge < -0.3 is 5.32 Å². The molecule has 1 heterocycles. The minimum absolute atomic E-state index is 0.239. The highest BCUT2D eigenvalue weighted by molar-refractivity contribution is 7.93. The second kappa shape index (κ2) is 6.87. The summed E-state index contributed by atoms with van der Waals surface area (Å²) in [6, 6.07) is 18.0. The molecule has 1 aliphatic rings. The van der Waals surface area contributed by atoms with Crippen molar-refractivity contribution in [3.05, 3.63) is 71.2 Å². The van der Waals surface area contributed by atoms with E-state index in [1.54, 1.807) is 36.4 Å². The van der Waals surface area contributed by atoms with Crippen LogP contribution in [0, 0.1) is 0 Å². The largest absolute Gasteiger partial charge is 0.354 e. The number of nitrogens with one attached hydrogen (secondary N) is 1. The van der Waals surface area contributed by atoms with Gasteiger partial charge in [0.25, 0.3) is 10.0 Å². The van der Waals surface area contributed by atoms with E-state index in [4.69, 9.17) is 11.6 Å². The molecular formula is C20H17ClN2O3S. The van der Waals surface area contributed by atoms with Crippen molar-refractivity contribution in [3.63, 3.8) is 0 Å². The molecule has 5 nitrogen and oxygen atoms in total. The zero-order valence-electron chi connectivity index (χ0n) is 14.4. The van der Waals surface area contributed by atoms with Gasteiger partial charge in [0, 0.05) is 17.0 Å². The lowest BCUT2D eigenvalue weighted by Gasteiger charge is -2.18. The number of carbonyl (C=O) groups is 1. The minimum Gasteiger partial charge on any atom is -0.354 e. The number of hydrogen-bond acceptors (Lipinski definition) is 3. The van der Waals surface area contributed by atoms with Crippen LogP contribution in [0.3, 0.4) is 0 Å². The van der Waals surface area contributed by atoms with Gasteiger partial charge in [-0.2, -0.15) is 0 Å². The number of carbonyl (C=O) groups excluding carboxylic acids is 1. The van der Waals surface area contributed by atoms with Crippen LogP contribution in [-0.2, 0) is 21.2 Å². The molecular weight excluding hydrogens is 384 g/mol. The minimum atomic E-state index is -3.72. The first-order valence-corrected chi connectivity index (χ1v) is 10.3. The van der Waals surface area contributed by atoms with E-state index in [0.29, 0.717) is 29.1 Å². The Morgan fingerprint density at radius 1 is 1.00 bits per heavy atom. The van der Waals surface area contributed by atoms with Crippen molar-refractivity contribution in [2.45, 2.75) is 11.3 Å². The molecule has 3 aromatic rings. The molecule has 0 saturated carbocycles. The quantitative estimate of drug-likeness (QED) is 0.714. The van der Waals surface area contributed by atoms with Crippen LogP contribution in [0.2, 0.25) is 5.02 Å². The van der Waals surface area contributed by atoms with Gasteiger partial charge in [0.2, 0.25) is 5.91 Å². The monoisotopic (exact) mass is 400 g/mol. The van der Waals surface area contributed by atoms with Crippen molar-refractivity contribution in [3.8, 4) is 0 Å². The second-order valence-electron chi connectivity index (χ2n) is 6.37. The van der Waals surface area contributed by atoms with Crippen LogP contribution in [0.1, 0.15) is 5.56 Å². The Morgan fingerprint density at radius 3 is 2.44 bits per heavy atom. The highest BCUT2D eigenvalue weighted by atomic mass is 35.5. The number of nitrogens with zero attached hydrogens (tertiary/aromatic N) is 1. The Labute approximate surface area is 162 Å². The summed E-state index contributed by atoms with van der Waals surface area (Å²) < 4.78 is 26.9. The Hall–Kier alpha value is -2.57. The number of anilines is 1. The molecule has 0 saturated heterocycles. The molecule has 1 aliphatic heterocycles. The van der Waals surface area contributed by atoms with Gasteiger partial charge in [-0.25, -0.2) is 8.42 Å². The fraction of sp³-hybridized carbons (Fsp3) is 0.150. The number of sulfonamides is 1. The molecule has 0 atom stereocenters. The fourth-order valence-corrected chi connectivity index (χ4v) is 5.10. The smallest absolute Gasteiger partial charge is 0.265 e. The lowest BCUT2D eigenvalue weighted by Crippen LogP contribution is -2.39.